The lowest BCUT2D eigenvalue weighted by atomic mass is 9.40. The third-order valence-corrected chi connectivity index (χ3v) is 20.3. The number of Topliss-reactive ketones (excluding diaryl/α,β-unsaturated/α-hetero) is 16. The lowest BCUT2D eigenvalue weighted by Gasteiger charge is -2.09. The van der Waals surface area contributed by atoms with Gasteiger partial charge in [0.1, 0.15) is 36.2 Å². The molecule has 0 N–H and O–H groups in total. The average molecular weight is 1860 g/mol. The monoisotopic (exact) mass is 1850 g/mol. The van der Waals surface area contributed by atoms with Gasteiger partial charge in [-0.3, -0.25) is 76.7 Å². The Bertz CT molecular complexity index is 5710. The van der Waals surface area contributed by atoms with Gasteiger partial charge in [-0.05, 0) is 272 Å². The molecule has 0 amide bonds. The normalized spacial score (nSPS) is 9.55. The van der Waals surface area contributed by atoms with Gasteiger partial charge < -0.3 is 14.2 Å². The van der Waals surface area contributed by atoms with Gasteiger partial charge >= 0.3 is 0 Å². The first-order valence-electron chi connectivity index (χ1n) is 43.1. The van der Waals surface area contributed by atoms with Crippen LogP contribution in [0.4, 0.5) is 0 Å². The minimum absolute atomic E-state index is 0. The lowest BCUT2D eigenvalue weighted by Crippen LogP contribution is -2.09. The third kappa shape index (κ3) is 43.5. The Hall–Kier alpha value is -15.0. The highest BCUT2D eigenvalue weighted by molar-refractivity contribution is 7.99. The quantitative estimate of drug-likeness (QED) is 0.0276. The van der Waals surface area contributed by atoms with Gasteiger partial charge in [-0.1, -0.05) is 189 Å². The van der Waals surface area contributed by atoms with E-state index in [0.717, 1.165) is 49.9 Å². The molecular formula is C112H108B6O19S. The number of carbonyl (C=O) groups is 16. The summed E-state index contributed by atoms with van der Waals surface area (Å²) in [7, 11) is 18.0. The van der Waals surface area contributed by atoms with E-state index >= 15 is 0 Å². The van der Waals surface area contributed by atoms with Gasteiger partial charge in [0.25, 0.3) is 0 Å². The van der Waals surface area contributed by atoms with Crippen molar-refractivity contribution in [1.82, 2.24) is 0 Å². The fraction of sp³-hybridized carbons (Fsp3) is 0.179. The van der Waals surface area contributed by atoms with E-state index in [9.17, 15) is 76.7 Å². The molecule has 694 valence electrons. The van der Waals surface area contributed by atoms with Gasteiger partial charge in [-0.25, -0.2) is 0 Å². The SMILES string of the molecule is CC.CC(=O)c1ccc(-c2ccc(C(C)=O)cc2)cc1.CC(=O)c1ccc(C(C)=O)cc1.CC(=O)c1ccc(C(C)=O)cc1.CC(=O)c1ccc(OCCOc2ccc(C(C)=O)cc2)cc1.CC(=O)c1ccc(Oc2ccc(C(C)=O)cc2)cc1.CC(=O)c1ccc(Sc2ccc(C(C)=O)cc2)cc1.CC(=O)c1ccc2cc(C(C)=O)ccc2c1.CC(=O)c1cccc(C(C)=O)c1.[B].[B][B].[B][B][B]. The molecule has 26 heteroatoms. The fourth-order valence-electron chi connectivity index (χ4n) is 11.5. The number of fused-ring (bicyclic) bond motifs is 1. The molecule has 0 spiro atoms. The smallest absolute Gasteiger partial charge is 0.159 e. The van der Waals surface area contributed by atoms with E-state index in [-0.39, 0.29) is 101 Å². The second kappa shape index (κ2) is 63.3. The Morgan fingerprint density at radius 2 is 0.370 bits per heavy atom. The molecule has 138 heavy (non-hydrogen) atoms. The molecule has 0 aliphatic rings. The fourth-order valence-corrected chi connectivity index (χ4v) is 12.3. The van der Waals surface area contributed by atoms with Crippen LogP contribution in [-0.4, -0.2) is 152 Å². The first-order chi connectivity index (χ1) is 65.1. The van der Waals surface area contributed by atoms with E-state index in [2.05, 4.69) is 30.9 Å². The van der Waals surface area contributed by atoms with Crippen molar-refractivity contribution >= 4 is 161 Å². The lowest BCUT2D eigenvalue weighted by molar-refractivity contribution is 0.0999. The molecule has 0 aliphatic heterocycles. The second-order valence-corrected chi connectivity index (χ2v) is 31.0. The Labute approximate surface area is 821 Å². The number of rotatable bonds is 26. The number of carbonyl (C=O) groups excluding carboxylic acids is 16. The maximum absolute atomic E-state index is 11.2. The van der Waals surface area contributed by atoms with E-state index in [1.165, 1.54) is 69.2 Å². The predicted molar refractivity (Wildman–Crippen MR) is 555 cm³/mol. The number of ether oxygens (including phenoxy) is 3. The van der Waals surface area contributed by atoms with Crippen LogP contribution in [0.15, 0.2) is 313 Å². The third-order valence-electron chi connectivity index (χ3n) is 19.3. The van der Waals surface area contributed by atoms with Crippen molar-refractivity contribution in [2.45, 2.75) is 134 Å². The summed E-state index contributed by atoms with van der Waals surface area (Å²) in [6, 6.07) is 88.9. The topological polar surface area (TPSA) is 301 Å². The summed E-state index contributed by atoms with van der Waals surface area (Å²) in [5.74, 6) is 3.23. The van der Waals surface area contributed by atoms with Crippen LogP contribution in [0, 0.1) is 0 Å². The zero-order chi connectivity index (χ0) is 103. The van der Waals surface area contributed by atoms with Crippen LogP contribution in [-0.2, 0) is 0 Å². The van der Waals surface area contributed by atoms with Crippen molar-refractivity contribution in [3.63, 3.8) is 0 Å². The summed E-state index contributed by atoms with van der Waals surface area (Å²) >= 11 is 1.61. The number of hydrogen-bond donors (Lipinski definition) is 0. The van der Waals surface area contributed by atoms with Crippen molar-refractivity contribution in [2.75, 3.05) is 13.2 Å². The van der Waals surface area contributed by atoms with Crippen molar-refractivity contribution in [2.24, 2.45) is 0 Å². The van der Waals surface area contributed by atoms with Crippen LogP contribution in [0.25, 0.3) is 21.9 Å². The maximum atomic E-state index is 11.2. The van der Waals surface area contributed by atoms with Crippen LogP contribution in [0.5, 0.6) is 23.0 Å². The van der Waals surface area contributed by atoms with Crippen molar-refractivity contribution in [3.05, 3.63) is 392 Å². The zero-order valence-corrected chi connectivity index (χ0v) is 81.7. The number of benzene rings is 13. The van der Waals surface area contributed by atoms with Gasteiger partial charge in [-0.2, -0.15) is 0 Å². The molecule has 13 aromatic rings. The second-order valence-electron chi connectivity index (χ2n) is 29.8. The summed E-state index contributed by atoms with van der Waals surface area (Å²) in [6.45, 7) is 29.2. The highest BCUT2D eigenvalue weighted by Gasteiger charge is 2.12. The largest absolute Gasteiger partial charge is 0.490 e. The molecule has 0 aliphatic carbocycles. The van der Waals surface area contributed by atoms with Crippen molar-refractivity contribution < 1.29 is 90.9 Å². The molecule has 0 saturated carbocycles. The van der Waals surface area contributed by atoms with E-state index < -0.39 is 0 Å². The Morgan fingerprint density at radius 1 is 0.217 bits per heavy atom. The van der Waals surface area contributed by atoms with E-state index in [0.29, 0.717) is 114 Å². The van der Waals surface area contributed by atoms with E-state index in [1.54, 1.807) is 235 Å². The minimum atomic E-state index is -0.0156. The van der Waals surface area contributed by atoms with E-state index in [4.69, 9.17) is 14.2 Å². The van der Waals surface area contributed by atoms with Gasteiger partial charge in [0.15, 0.2) is 92.5 Å². The number of ketones is 16. The molecule has 13 aromatic carbocycles. The average Bonchev–Trinajstić information content (AvgIpc) is 0.824. The minimum Gasteiger partial charge on any atom is -0.490 e. The summed E-state index contributed by atoms with van der Waals surface area (Å²) in [5, 5.41) is 1.97. The van der Waals surface area contributed by atoms with Crippen LogP contribution in [0.1, 0.15) is 290 Å². The molecular weight excluding hydrogens is 1750 g/mol. The van der Waals surface area contributed by atoms with Gasteiger partial charge in [0.05, 0.1) is 0 Å². The highest BCUT2D eigenvalue weighted by atomic mass is 32.2. The standard InChI is InChI=1S/C18H18O4.C16H14O3.C16H14O2S.C16H14O2.C14H12O2.3C10H10O2.C2H6.B3.B2.B/c1-13(19)15-3-7-17(8-4-15)21-11-12-22-18-9-5-16(6-10-18)14(2)20;2*1-11(17)13-3-7-15(8-4-13)19-16-9-5-14(6-10-16)12(2)18;1-11(17)13-3-7-15(8-4-13)16-9-5-14(6-10-16)12(2)18;1-9(15)11-3-5-14-8-12(10(2)16)4-6-13(14)7-11;2*1-7(11)9-3-5-10(6-4-9)8(2)12;1-7(11)9-4-3-5-10(6-9)8(2)12;1-2;1-3-2;1-2;/h3-10H,11-12H2,1-2H3;2*3-10H,1-2H3;3-10H,1-2H3;3-8H,1-2H3;3*3-6H,1-2H3;1-2H3;;;. The van der Waals surface area contributed by atoms with Crippen molar-refractivity contribution in [1.29, 1.82) is 0 Å². The van der Waals surface area contributed by atoms with E-state index in [1.807, 2.05) is 135 Å². The van der Waals surface area contributed by atoms with Crippen molar-refractivity contribution in [3.8, 4) is 34.1 Å². The zero-order valence-electron chi connectivity index (χ0n) is 80.9. The highest BCUT2D eigenvalue weighted by Crippen LogP contribution is 2.30. The van der Waals surface area contributed by atoms with Crippen LogP contribution >= 0.6 is 11.8 Å². The Morgan fingerprint density at radius 3 is 0.558 bits per heavy atom. The molecule has 0 aromatic heterocycles. The van der Waals surface area contributed by atoms with Crippen LogP contribution < -0.4 is 14.2 Å². The summed E-state index contributed by atoms with van der Waals surface area (Å²) in [6.07, 6.45) is 0. The number of hydrogen-bond acceptors (Lipinski definition) is 20. The predicted octanol–water partition coefficient (Wildman–Crippen LogP) is 23.7. The summed E-state index contributed by atoms with van der Waals surface area (Å²) in [4.78, 5) is 179. The molecule has 0 fully saturated rings. The van der Waals surface area contributed by atoms with Gasteiger partial charge in [0.2, 0.25) is 0 Å². The summed E-state index contributed by atoms with van der Waals surface area (Å²) in [5.41, 5.74) is 12.7. The Kier molecular flexibility index (Phi) is 54.6. The molecule has 0 heterocycles. The molecule has 12 radical (unpaired) electrons. The Balaban J connectivity index is 0.000000532. The van der Waals surface area contributed by atoms with Gasteiger partial charge in [-0.15, -0.1) is 0 Å². The first-order valence-corrected chi connectivity index (χ1v) is 43.9. The van der Waals surface area contributed by atoms with Gasteiger partial charge in [0, 0.05) is 145 Å². The summed E-state index contributed by atoms with van der Waals surface area (Å²) < 4.78 is 16.7. The molecule has 0 saturated heterocycles. The molecule has 19 nitrogen and oxygen atoms in total. The first kappa shape index (κ1) is 119. The van der Waals surface area contributed by atoms with Crippen LogP contribution in [0.2, 0.25) is 0 Å². The molecule has 0 atom stereocenters. The molecule has 0 unspecified atom stereocenters. The van der Waals surface area contributed by atoms with Crippen LogP contribution in [0.3, 0.4) is 0 Å². The molecule has 13 rings (SSSR count). The maximum Gasteiger partial charge on any atom is 0.159 e. The molecule has 0 bridgehead atoms.